The van der Waals surface area contributed by atoms with Gasteiger partial charge in [0.2, 0.25) is 0 Å². The van der Waals surface area contributed by atoms with Gasteiger partial charge < -0.3 is 0 Å². The Kier molecular flexibility index (Phi) is 1.96. The van der Waals surface area contributed by atoms with Gasteiger partial charge in [-0.25, -0.2) is 0 Å². The molecule has 0 saturated carbocycles. The van der Waals surface area contributed by atoms with Crippen LogP contribution in [0.1, 0.15) is 29.4 Å². The van der Waals surface area contributed by atoms with Gasteiger partial charge >= 0.3 is 0 Å². The summed E-state index contributed by atoms with van der Waals surface area (Å²) < 4.78 is 2.98. The zero-order valence-electron chi connectivity index (χ0n) is 9.42. The average molecular weight is 206 g/mol. The summed E-state index contributed by atoms with van der Waals surface area (Å²) in [6.07, 6.45) is 0.756. The number of hydrogen-bond acceptors (Lipinski definition) is 2. The number of fused-ring (bicyclic) bond motifs is 1. The Hall–Kier alpha value is -1.58. The van der Waals surface area contributed by atoms with E-state index in [2.05, 4.69) is 0 Å². The number of hydrogen-bond donors (Lipinski definition) is 0. The van der Waals surface area contributed by atoms with E-state index in [0.717, 1.165) is 17.8 Å². The third-order valence-corrected chi connectivity index (χ3v) is 3.11. The van der Waals surface area contributed by atoms with Crippen LogP contribution >= 0.6 is 0 Å². The van der Waals surface area contributed by atoms with Gasteiger partial charge in [0.25, 0.3) is 11.1 Å². The number of aromatic nitrogens is 2. The van der Waals surface area contributed by atoms with Crippen LogP contribution in [0.5, 0.6) is 0 Å². The van der Waals surface area contributed by atoms with Gasteiger partial charge in [-0.05, 0) is 27.2 Å². The number of aryl methyl sites for hydroxylation is 2. The summed E-state index contributed by atoms with van der Waals surface area (Å²) in [4.78, 5) is 23.6. The summed E-state index contributed by atoms with van der Waals surface area (Å²) in [5.74, 6) is 0. The van der Waals surface area contributed by atoms with E-state index in [1.807, 2.05) is 13.8 Å². The molecule has 0 spiro atoms. The van der Waals surface area contributed by atoms with Crippen LogP contribution in [0.15, 0.2) is 9.59 Å². The quantitative estimate of drug-likeness (QED) is 0.688. The lowest BCUT2D eigenvalue weighted by Gasteiger charge is -1.98. The second-order valence-corrected chi connectivity index (χ2v) is 3.87. The highest BCUT2D eigenvalue weighted by Gasteiger charge is 2.18. The molecule has 15 heavy (non-hydrogen) atoms. The SMILES string of the molecule is CCc1c(C)c(=O)n2c(=O)c(C)c(C)n12. The van der Waals surface area contributed by atoms with Gasteiger partial charge in [0, 0.05) is 22.5 Å². The molecule has 0 aliphatic carbocycles. The molecule has 0 amide bonds. The molecule has 4 nitrogen and oxygen atoms in total. The lowest BCUT2D eigenvalue weighted by Crippen LogP contribution is -2.23. The number of nitrogens with zero attached hydrogens (tertiary/aromatic N) is 2. The standard InChI is InChI=1S/C11H14N2O2/c1-5-9-7(3)11(15)13-10(14)6(2)8(4)12(9)13/h5H2,1-4H3. The Morgan fingerprint density at radius 1 is 0.933 bits per heavy atom. The van der Waals surface area contributed by atoms with Gasteiger partial charge in [0.05, 0.1) is 0 Å². The van der Waals surface area contributed by atoms with Crippen molar-refractivity contribution in [1.29, 1.82) is 0 Å². The van der Waals surface area contributed by atoms with E-state index in [-0.39, 0.29) is 11.1 Å². The average Bonchev–Trinajstić information content (AvgIpc) is 2.59. The largest absolute Gasteiger partial charge is 0.277 e. The van der Waals surface area contributed by atoms with Crippen molar-refractivity contribution in [2.45, 2.75) is 34.1 Å². The lowest BCUT2D eigenvalue weighted by atomic mass is 10.2. The van der Waals surface area contributed by atoms with Gasteiger partial charge in [-0.1, -0.05) is 6.92 Å². The van der Waals surface area contributed by atoms with Gasteiger partial charge in [-0.15, -0.1) is 0 Å². The van der Waals surface area contributed by atoms with E-state index in [9.17, 15) is 9.59 Å². The maximum absolute atomic E-state index is 11.8. The maximum Gasteiger partial charge on any atom is 0.277 e. The monoisotopic (exact) mass is 206 g/mol. The van der Waals surface area contributed by atoms with Crippen molar-refractivity contribution in [2.75, 3.05) is 0 Å². The minimum atomic E-state index is -0.194. The molecule has 0 atom stereocenters. The summed E-state index contributed by atoms with van der Waals surface area (Å²) in [6, 6.07) is 0. The predicted molar refractivity (Wildman–Crippen MR) is 58.2 cm³/mol. The molecule has 0 N–H and O–H groups in total. The molecule has 0 unspecified atom stereocenters. The summed E-state index contributed by atoms with van der Waals surface area (Å²) >= 11 is 0. The molecule has 0 aromatic carbocycles. The summed E-state index contributed by atoms with van der Waals surface area (Å²) in [6.45, 7) is 7.39. The van der Waals surface area contributed by atoms with Gasteiger partial charge in [0.1, 0.15) is 0 Å². The van der Waals surface area contributed by atoms with Crippen LogP contribution in [0.3, 0.4) is 0 Å². The summed E-state index contributed by atoms with van der Waals surface area (Å²) in [7, 11) is 0. The molecule has 0 radical (unpaired) electrons. The van der Waals surface area contributed by atoms with Crippen LogP contribution in [-0.4, -0.2) is 9.03 Å². The highest BCUT2D eigenvalue weighted by molar-refractivity contribution is 5.26. The zero-order chi connectivity index (χ0) is 11.3. The van der Waals surface area contributed by atoms with E-state index in [1.165, 1.54) is 4.52 Å². The minimum Gasteiger partial charge on any atom is -0.267 e. The zero-order valence-corrected chi connectivity index (χ0v) is 9.42. The minimum absolute atomic E-state index is 0.187. The molecule has 2 heterocycles. The molecule has 2 rings (SSSR count). The third kappa shape index (κ3) is 1.02. The smallest absolute Gasteiger partial charge is 0.267 e. The molecule has 0 aliphatic heterocycles. The van der Waals surface area contributed by atoms with Crippen LogP contribution in [0.2, 0.25) is 0 Å². The van der Waals surface area contributed by atoms with Crippen molar-refractivity contribution in [1.82, 2.24) is 9.03 Å². The van der Waals surface area contributed by atoms with E-state index in [4.69, 9.17) is 0 Å². The molecular formula is C11H14N2O2. The Bertz CT molecular complexity index is 634. The van der Waals surface area contributed by atoms with E-state index >= 15 is 0 Å². The Labute approximate surface area is 87.1 Å². The number of rotatable bonds is 1. The highest BCUT2D eigenvalue weighted by Crippen LogP contribution is 2.09. The first kappa shape index (κ1) is 9.96. The Morgan fingerprint density at radius 2 is 1.47 bits per heavy atom. The van der Waals surface area contributed by atoms with Crippen molar-refractivity contribution in [3.05, 3.63) is 43.2 Å². The van der Waals surface area contributed by atoms with Crippen molar-refractivity contribution in [3.63, 3.8) is 0 Å². The second-order valence-electron chi connectivity index (χ2n) is 3.87. The fourth-order valence-corrected chi connectivity index (χ4v) is 2.08. The molecular weight excluding hydrogens is 192 g/mol. The fraction of sp³-hybridized carbons (Fsp3) is 0.455. The Balaban J connectivity index is 3.17. The molecule has 2 aromatic rings. The first-order chi connectivity index (χ1) is 7.00. The van der Waals surface area contributed by atoms with E-state index < -0.39 is 0 Å². The molecule has 0 fully saturated rings. The van der Waals surface area contributed by atoms with Gasteiger partial charge in [0.15, 0.2) is 0 Å². The maximum atomic E-state index is 11.8. The van der Waals surface area contributed by atoms with Crippen LogP contribution in [-0.2, 0) is 6.42 Å². The highest BCUT2D eigenvalue weighted by atomic mass is 16.2. The van der Waals surface area contributed by atoms with Gasteiger partial charge in [-0.3, -0.25) is 14.1 Å². The lowest BCUT2D eigenvalue weighted by molar-refractivity contribution is 0.751. The van der Waals surface area contributed by atoms with Crippen molar-refractivity contribution in [3.8, 4) is 0 Å². The van der Waals surface area contributed by atoms with Crippen molar-refractivity contribution < 1.29 is 0 Å². The molecule has 80 valence electrons. The van der Waals surface area contributed by atoms with Crippen molar-refractivity contribution >= 4 is 0 Å². The van der Waals surface area contributed by atoms with Crippen LogP contribution in [0, 0.1) is 20.8 Å². The summed E-state index contributed by atoms with van der Waals surface area (Å²) in [5, 5.41) is 0. The first-order valence-corrected chi connectivity index (χ1v) is 5.06. The molecule has 0 saturated heterocycles. The van der Waals surface area contributed by atoms with E-state index in [0.29, 0.717) is 11.1 Å². The second kappa shape index (κ2) is 2.95. The first-order valence-electron chi connectivity index (χ1n) is 5.06. The third-order valence-electron chi connectivity index (χ3n) is 3.11. The predicted octanol–water partition coefficient (Wildman–Crippen LogP) is 0.685. The van der Waals surface area contributed by atoms with Crippen LogP contribution < -0.4 is 11.1 Å². The summed E-state index contributed by atoms with van der Waals surface area (Å²) in [5.41, 5.74) is 2.75. The van der Waals surface area contributed by atoms with Crippen molar-refractivity contribution in [2.24, 2.45) is 0 Å². The Morgan fingerprint density at radius 3 is 2.00 bits per heavy atom. The van der Waals surface area contributed by atoms with Gasteiger partial charge in [-0.2, -0.15) is 4.52 Å². The molecule has 2 aromatic heterocycles. The fourth-order valence-electron chi connectivity index (χ4n) is 2.08. The van der Waals surface area contributed by atoms with Crippen LogP contribution in [0.4, 0.5) is 0 Å². The molecule has 0 aliphatic rings. The molecule has 0 bridgehead atoms. The normalized spacial score (nSPS) is 11.5. The molecule has 4 heteroatoms. The van der Waals surface area contributed by atoms with E-state index in [1.54, 1.807) is 18.4 Å². The topological polar surface area (TPSA) is 43.0 Å². The van der Waals surface area contributed by atoms with Crippen LogP contribution in [0.25, 0.3) is 0 Å².